The number of alkyl halides is 3. The minimum absolute atomic E-state index is 0.0335. The molecule has 0 saturated heterocycles. The number of ketones is 1. The molecule has 148 valence electrons. The molecule has 0 bridgehead atoms. The predicted molar refractivity (Wildman–Crippen MR) is 88.3 cm³/mol. The number of Topliss-reactive ketones (excluding diaryl/α,β-unsaturated/α-hetero) is 1. The third-order valence-electron chi connectivity index (χ3n) is 3.96. The number of esters is 1. The number of carbonyl (C=O) groups is 2. The molecule has 0 heterocycles. The molecular formula is C18H25F3O5. The summed E-state index contributed by atoms with van der Waals surface area (Å²) in [7, 11) is 1.20. The maximum atomic E-state index is 12.0. The first-order chi connectivity index (χ1) is 12.2. The van der Waals surface area contributed by atoms with Crippen molar-refractivity contribution in [3.63, 3.8) is 0 Å². The molecule has 5 nitrogen and oxygen atoms in total. The molecule has 1 rings (SSSR count). The molecule has 1 N–H and O–H groups in total. The van der Waals surface area contributed by atoms with Crippen molar-refractivity contribution in [3.8, 4) is 0 Å². The van der Waals surface area contributed by atoms with E-state index in [4.69, 9.17) is 4.74 Å². The highest BCUT2D eigenvalue weighted by atomic mass is 19.4. The van der Waals surface area contributed by atoms with Crippen LogP contribution in [0.15, 0.2) is 23.2 Å². The topological polar surface area (TPSA) is 72.8 Å². The first kappa shape index (κ1) is 22.1. The average Bonchev–Trinajstić information content (AvgIpc) is 2.58. The summed E-state index contributed by atoms with van der Waals surface area (Å²) in [6, 6.07) is 0. The fourth-order valence-electron chi connectivity index (χ4n) is 2.54. The number of carbonyl (C=O) groups excluding carboxylic acids is 2. The lowest BCUT2D eigenvalue weighted by atomic mass is 10.0. The van der Waals surface area contributed by atoms with E-state index in [0.29, 0.717) is 12.8 Å². The zero-order chi connectivity index (χ0) is 19.6. The molecule has 1 aliphatic carbocycles. The number of ether oxygens (including phenoxy) is 2. The zero-order valence-electron chi connectivity index (χ0n) is 14.9. The number of allylic oxidation sites excluding steroid dienone is 2. The van der Waals surface area contributed by atoms with E-state index in [1.54, 1.807) is 0 Å². The largest absolute Gasteiger partial charge is 0.502 e. The highest BCUT2D eigenvalue weighted by molar-refractivity contribution is 6.04. The molecule has 0 saturated carbocycles. The van der Waals surface area contributed by atoms with Gasteiger partial charge < -0.3 is 14.6 Å². The first-order valence-corrected chi connectivity index (χ1v) is 8.69. The highest BCUT2D eigenvalue weighted by Crippen LogP contribution is 2.24. The van der Waals surface area contributed by atoms with Gasteiger partial charge in [0.1, 0.15) is 0 Å². The first-order valence-electron chi connectivity index (χ1n) is 8.69. The molecule has 0 radical (unpaired) electrons. The Morgan fingerprint density at radius 1 is 1.12 bits per heavy atom. The van der Waals surface area contributed by atoms with Gasteiger partial charge in [-0.3, -0.25) is 4.79 Å². The third-order valence-corrected chi connectivity index (χ3v) is 3.96. The Hall–Kier alpha value is -1.99. The Balaban J connectivity index is 2.19. The summed E-state index contributed by atoms with van der Waals surface area (Å²) in [6.07, 6.45) is 1.04. The van der Waals surface area contributed by atoms with Gasteiger partial charge in [0, 0.05) is 18.4 Å². The van der Waals surface area contributed by atoms with Crippen molar-refractivity contribution in [2.45, 2.75) is 64.0 Å². The van der Waals surface area contributed by atoms with E-state index in [9.17, 15) is 27.9 Å². The summed E-state index contributed by atoms with van der Waals surface area (Å²) in [5.41, 5.74) is 0.129. The average molecular weight is 378 g/mol. The lowest BCUT2D eigenvalue weighted by Crippen LogP contribution is -2.18. The molecule has 1 aliphatic rings. The summed E-state index contributed by atoms with van der Waals surface area (Å²) < 4.78 is 45.9. The van der Waals surface area contributed by atoms with Crippen LogP contribution in [0.3, 0.4) is 0 Å². The van der Waals surface area contributed by atoms with Crippen LogP contribution in [0.4, 0.5) is 13.2 Å². The molecule has 26 heavy (non-hydrogen) atoms. The normalized spacial score (nSPS) is 15.1. The fourth-order valence-corrected chi connectivity index (χ4v) is 2.54. The van der Waals surface area contributed by atoms with E-state index < -0.39 is 30.1 Å². The number of rotatable bonds is 11. The number of methoxy groups -OCH3 is 1. The summed E-state index contributed by atoms with van der Waals surface area (Å²) in [6.45, 7) is 0.270. The van der Waals surface area contributed by atoms with Crippen LogP contribution in [0.2, 0.25) is 0 Å². The molecule has 0 aromatic rings. The third kappa shape index (κ3) is 8.40. The van der Waals surface area contributed by atoms with Crippen LogP contribution >= 0.6 is 0 Å². The highest BCUT2D eigenvalue weighted by Gasteiger charge is 2.26. The van der Waals surface area contributed by atoms with Gasteiger partial charge in [-0.1, -0.05) is 32.1 Å². The zero-order valence-corrected chi connectivity index (χ0v) is 14.9. The van der Waals surface area contributed by atoms with Gasteiger partial charge in [-0.25, -0.2) is 4.79 Å². The SMILES string of the molecule is COC(=O)C1=CC(OCCCCCCCCCC(F)(F)F)=C(O)C(=O)C1. The molecule has 0 fully saturated rings. The quantitative estimate of drug-likeness (QED) is 0.422. The van der Waals surface area contributed by atoms with E-state index in [-0.39, 0.29) is 30.8 Å². The number of aliphatic hydroxyl groups is 1. The molecule has 0 aromatic carbocycles. The van der Waals surface area contributed by atoms with Gasteiger partial charge in [0.2, 0.25) is 11.5 Å². The number of hydrogen-bond donors (Lipinski definition) is 1. The minimum Gasteiger partial charge on any atom is -0.502 e. The Bertz CT molecular complexity index is 550. The molecular weight excluding hydrogens is 353 g/mol. The second-order valence-corrected chi connectivity index (χ2v) is 6.16. The van der Waals surface area contributed by atoms with Gasteiger partial charge in [-0.15, -0.1) is 0 Å². The number of aliphatic hydroxyl groups excluding tert-OH is 1. The molecule has 8 heteroatoms. The maximum absolute atomic E-state index is 12.0. The molecule has 0 spiro atoms. The van der Waals surface area contributed by atoms with Crippen LogP contribution in [0.25, 0.3) is 0 Å². The van der Waals surface area contributed by atoms with E-state index in [0.717, 1.165) is 25.7 Å². The smallest absolute Gasteiger partial charge is 0.389 e. The minimum atomic E-state index is -4.07. The maximum Gasteiger partial charge on any atom is 0.389 e. The van der Waals surface area contributed by atoms with Crippen LogP contribution in [-0.2, 0) is 19.1 Å². The fraction of sp³-hybridized carbons (Fsp3) is 0.667. The van der Waals surface area contributed by atoms with Gasteiger partial charge >= 0.3 is 12.1 Å². The van der Waals surface area contributed by atoms with Crippen molar-refractivity contribution in [2.24, 2.45) is 0 Å². The number of halogens is 3. The molecule has 0 aliphatic heterocycles. The van der Waals surface area contributed by atoms with E-state index >= 15 is 0 Å². The second-order valence-electron chi connectivity index (χ2n) is 6.16. The van der Waals surface area contributed by atoms with E-state index in [2.05, 4.69) is 4.74 Å². The standard InChI is InChI=1S/C18H25F3O5/c1-25-17(24)13-11-14(22)16(23)15(12-13)26-10-8-6-4-2-3-5-7-9-18(19,20)21/h12,23H,2-11H2,1H3. The van der Waals surface area contributed by atoms with Crippen LogP contribution in [-0.4, -0.2) is 36.8 Å². The summed E-state index contributed by atoms with van der Waals surface area (Å²) >= 11 is 0. The van der Waals surface area contributed by atoms with E-state index in [1.807, 2.05) is 0 Å². The van der Waals surface area contributed by atoms with Gasteiger partial charge in [-0.2, -0.15) is 13.2 Å². The van der Waals surface area contributed by atoms with Crippen LogP contribution < -0.4 is 0 Å². The van der Waals surface area contributed by atoms with Gasteiger partial charge in [0.15, 0.2) is 5.76 Å². The van der Waals surface area contributed by atoms with Crippen LogP contribution in [0, 0.1) is 0 Å². The van der Waals surface area contributed by atoms with E-state index in [1.165, 1.54) is 13.2 Å². The molecule has 0 aromatic heterocycles. The second kappa shape index (κ2) is 10.9. The summed E-state index contributed by atoms with van der Waals surface area (Å²) in [4.78, 5) is 23.1. The van der Waals surface area contributed by atoms with Crippen molar-refractivity contribution >= 4 is 11.8 Å². The van der Waals surface area contributed by atoms with Crippen molar-refractivity contribution in [3.05, 3.63) is 23.2 Å². The van der Waals surface area contributed by atoms with Gasteiger partial charge in [0.05, 0.1) is 13.7 Å². The Morgan fingerprint density at radius 3 is 2.27 bits per heavy atom. The Labute approximate surface area is 150 Å². The van der Waals surface area contributed by atoms with Gasteiger partial charge in [0.25, 0.3) is 0 Å². The molecule has 0 unspecified atom stereocenters. The van der Waals surface area contributed by atoms with Gasteiger partial charge in [-0.05, 0) is 18.9 Å². The van der Waals surface area contributed by atoms with Crippen LogP contribution in [0.1, 0.15) is 57.8 Å². The lowest BCUT2D eigenvalue weighted by Gasteiger charge is -2.15. The summed E-state index contributed by atoms with van der Waals surface area (Å²) in [5.74, 6) is -1.77. The Kier molecular flexibility index (Phi) is 9.23. The van der Waals surface area contributed by atoms with Crippen molar-refractivity contribution < 1.29 is 37.3 Å². The number of unbranched alkanes of at least 4 members (excludes halogenated alkanes) is 6. The Morgan fingerprint density at radius 2 is 1.69 bits per heavy atom. The molecule has 0 atom stereocenters. The van der Waals surface area contributed by atoms with Crippen molar-refractivity contribution in [1.82, 2.24) is 0 Å². The summed E-state index contributed by atoms with van der Waals surface area (Å²) in [5, 5.41) is 9.72. The van der Waals surface area contributed by atoms with Crippen molar-refractivity contribution in [2.75, 3.05) is 13.7 Å². The van der Waals surface area contributed by atoms with Crippen LogP contribution in [0.5, 0.6) is 0 Å². The monoisotopic (exact) mass is 378 g/mol. The lowest BCUT2D eigenvalue weighted by molar-refractivity contribution is -0.137. The number of hydrogen-bond acceptors (Lipinski definition) is 5. The molecule has 0 amide bonds. The van der Waals surface area contributed by atoms with Crippen molar-refractivity contribution in [1.29, 1.82) is 0 Å². The predicted octanol–water partition coefficient (Wildman–Crippen LogP) is 4.53.